The van der Waals surface area contributed by atoms with Crippen LogP contribution in [0.5, 0.6) is 0 Å². The lowest BCUT2D eigenvalue weighted by molar-refractivity contribution is -0.139. The average molecular weight is 302 g/mol. The standard InChI is InChI=1S/C18H26N2O2/c1-14(17(21)20-8-10-22-11-9-20)12-15-2-4-16(5-3-15)13-18(19)6-7-18/h2-5,14H,6-13,19H2,1H3. The minimum Gasteiger partial charge on any atom is -0.378 e. The summed E-state index contributed by atoms with van der Waals surface area (Å²) in [5, 5.41) is 0. The Bertz CT molecular complexity index is 516. The van der Waals surface area contributed by atoms with Gasteiger partial charge in [0.05, 0.1) is 13.2 Å². The molecule has 2 N–H and O–H groups in total. The largest absolute Gasteiger partial charge is 0.378 e. The third-order valence-electron chi connectivity index (χ3n) is 4.76. The predicted octanol–water partition coefficient (Wildman–Crippen LogP) is 1.76. The molecule has 22 heavy (non-hydrogen) atoms. The van der Waals surface area contributed by atoms with Gasteiger partial charge in [-0.15, -0.1) is 0 Å². The van der Waals surface area contributed by atoms with E-state index < -0.39 is 0 Å². The van der Waals surface area contributed by atoms with Crippen molar-refractivity contribution in [1.29, 1.82) is 0 Å². The van der Waals surface area contributed by atoms with Crippen molar-refractivity contribution in [3.05, 3.63) is 35.4 Å². The fraction of sp³-hybridized carbons (Fsp3) is 0.611. The smallest absolute Gasteiger partial charge is 0.225 e. The molecule has 120 valence electrons. The van der Waals surface area contributed by atoms with Crippen LogP contribution in [0.4, 0.5) is 0 Å². The van der Waals surface area contributed by atoms with E-state index in [9.17, 15) is 4.79 Å². The van der Waals surface area contributed by atoms with Gasteiger partial charge in [-0.05, 0) is 36.8 Å². The van der Waals surface area contributed by atoms with E-state index >= 15 is 0 Å². The zero-order valence-corrected chi connectivity index (χ0v) is 13.4. The fourth-order valence-electron chi connectivity index (χ4n) is 3.07. The van der Waals surface area contributed by atoms with E-state index in [4.69, 9.17) is 10.5 Å². The minimum absolute atomic E-state index is 0.0215. The Morgan fingerprint density at radius 2 is 1.82 bits per heavy atom. The van der Waals surface area contributed by atoms with E-state index in [-0.39, 0.29) is 17.4 Å². The second kappa shape index (κ2) is 6.39. The summed E-state index contributed by atoms with van der Waals surface area (Å²) in [5.74, 6) is 0.263. The first-order chi connectivity index (χ1) is 10.6. The van der Waals surface area contributed by atoms with Gasteiger partial charge in [0.15, 0.2) is 0 Å². The van der Waals surface area contributed by atoms with E-state index in [1.807, 2.05) is 11.8 Å². The van der Waals surface area contributed by atoms with E-state index in [0.29, 0.717) is 13.2 Å². The number of nitrogens with two attached hydrogens (primary N) is 1. The summed E-state index contributed by atoms with van der Waals surface area (Å²) < 4.78 is 5.30. The van der Waals surface area contributed by atoms with E-state index in [2.05, 4.69) is 24.3 Å². The lowest BCUT2D eigenvalue weighted by Crippen LogP contribution is -2.43. The number of rotatable bonds is 5. The van der Waals surface area contributed by atoms with Crippen LogP contribution in [0.1, 0.15) is 30.9 Å². The monoisotopic (exact) mass is 302 g/mol. The van der Waals surface area contributed by atoms with E-state index in [0.717, 1.165) is 38.8 Å². The van der Waals surface area contributed by atoms with Crippen LogP contribution >= 0.6 is 0 Å². The molecule has 0 spiro atoms. The molecule has 4 nitrogen and oxygen atoms in total. The highest BCUT2D eigenvalue weighted by atomic mass is 16.5. The SMILES string of the molecule is CC(Cc1ccc(CC2(N)CC2)cc1)C(=O)N1CCOCC1. The molecule has 1 aliphatic heterocycles. The lowest BCUT2D eigenvalue weighted by Gasteiger charge is -2.29. The molecule has 1 aromatic carbocycles. The third-order valence-corrected chi connectivity index (χ3v) is 4.76. The molecule has 1 saturated heterocycles. The van der Waals surface area contributed by atoms with Crippen molar-refractivity contribution in [3.8, 4) is 0 Å². The van der Waals surface area contributed by atoms with Crippen LogP contribution in [0.2, 0.25) is 0 Å². The van der Waals surface area contributed by atoms with Crippen molar-refractivity contribution in [1.82, 2.24) is 4.90 Å². The fourth-order valence-corrected chi connectivity index (χ4v) is 3.07. The first-order valence-electron chi connectivity index (χ1n) is 8.29. The minimum atomic E-state index is 0.0215. The average Bonchev–Trinajstić information content (AvgIpc) is 3.26. The zero-order chi connectivity index (χ0) is 15.6. The molecule has 0 aromatic heterocycles. The Morgan fingerprint density at radius 1 is 1.23 bits per heavy atom. The normalized spacial score (nSPS) is 21.5. The summed E-state index contributed by atoms with van der Waals surface area (Å²) in [6, 6.07) is 8.61. The highest BCUT2D eigenvalue weighted by Gasteiger charge is 2.37. The van der Waals surface area contributed by atoms with Gasteiger partial charge in [0.2, 0.25) is 5.91 Å². The number of carbonyl (C=O) groups excluding carboxylic acids is 1. The van der Waals surface area contributed by atoms with E-state index in [1.54, 1.807) is 0 Å². The number of carbonyl (C=O) groups is 1. The number of nitrogens with zero attached hydrogens (tertiary/aromatic N) is 1. The van der Waals surface area contributed by atoms with Crippen molar-refractivity contribution in [2.75, 3.05) is 26.3 Å². The summed E-state index contributed by atoms with van der Waals surface area (Å²) in [4.78, 5) is 14.3. The van der Waals surface area contributed by atoms with Gasteiger partial charge in [-0.25, -0.2) is 0 Å². The number of amides is 1. The highest BCUT2D eigenvalue weighted by Crippen LogP contribution is 2.35. The van der Waals surface area contributed by atoms with Crippen LogP contribution < -0.4 is 5.73 Å². The summed E-state index contributed by atoms with van der Waals surface area (Å²) in [6.07, 6.45) is 4.04. The molecule has 1 amide bonds. The summed E-state index contributed by atoms with van der Waals surface area (Å²) in [6.45, 7) is 4.79. The van der Waals surface area contributed by atoms with Crippen LogP contribution in [0.25, 0.3) is 0 Å². The number of hydrogen-bond donors (Lipinski definition) is 1. The second-order valence-corrected chi connectivity index (χ2v) is 6.90. The van der Waals surface area contributed by atoms with Gasteiger partial charge in [0.25, 0.3) is 0 Å². The van der Waals surface area contributed by atoms with Crippen molar-refractivity contribution < 1.29 is 9.53 Å². The van der Waals surface area contributed by atoms with Gasteiger partial charge in [-0.1, -0.05) is 31.2 Å². The lowest BCUT2D eigenvalue weighted by atomic mass is 9.97. The molecule has 1 unspecified atom stereocenters. The van der Waals surface area contributed by atoms with Gasteiger partial charge in [-0.3, -0.25) is 4.79 Å². The molecule has 3 rings (SSSR count). The number of ether oxygens (including phenoxy) is 1. The molecular formula is C18H26N2O2. The summed E-state index contributed by atoms with van der Waals surface area (Å²) in [7, 11) is 0. The van der Waals surface area contributed by atoms with Gasteiger partial charge in [0.1, 0.15) is 0 Å². The molecule has 2 fully saturated rings. The first kappa shape index (κ1) is 15.5. The maximum Gasteiger partial charge on any atom is 0.225 e. The quantitative estimate of drug-likeness (QED) is 0.901. The molecule has 2 aliphatic rings. The summed E-state index contributed by atoms with van der Waals surface area (Å²) >= 11 is 0. The number of hydrogen-bond acceptors (Lipinski definition) is 3. The van der Waals surface area contributed by atoms with Crippen LogP contribution in [-0.4, -0.2) is 42.6 Å². The Morgan fingerprint density at radius 3 is 2.41 bits per heavy atom. The van der Waals surface area contributed by atoms with Crippen LogP contribution in [0, 0.1) is 5.92 Å². The maximum absolute atomic E-state index is 12.4. The first-order valence-corrected chi connectivity index (χ1v) is 8.29. The predicted molar refractivity (Wildman–Crippen MR) is 86.6 cm³/mol. The Kier molecular flexibility index (Phi) is 4.50. The van der Waals surface area contributed by atoms with Crippen molar-refractivity contribution >= 4 is 5.91 Å². The molecule has 0 radical (unpaired) electrons. The van der Waals surface area contributed by atoms with Crippen molar-refractivity contribution in [2.45, 2.75) is 38.1 Å². The molecule has 0 bridgehead atoms. The van der Waals surface area contributed by atoms with E-state index in [1.165, 1.54) is 11.1 Å². The zero-order valence-electron chi connectivity index (χ0n) is 13.4. The highest BCUT2D eigenvalue weighted by molar-refractivity contribution is 5.78. The Balaban J connectivity index is 1.54. The van der Waals surface area contributed by atoms with Gasteiger partial charge >= 0.3 is 0 Å². The van der Waals surface area contributed by atoms with Crippen molar-refractivity contribution in [3.63, 3.8) is 0 Å². The Hall–Kier alpha value is -1.39. The topological polar surface area (TPSA) is 55.6 Å². The molecule has 1 heterocycles. The second-order valence-electron chi connectivity index (χ2n) is 6.90. The molecule has 1 atom stereocenters. The maximum atomic E-state index is 12.4. The molecule has 1 aliphatic carbocycles. The summed E-state index contributed by atoms with van der Waals surface area (Å²) in [5.41, 5.74) is 8.74. The molecule has 1 aromatic rings. The van der Waals surface area contributed by atoms with Crippen LogP contribution in [-0.2, 0) is 22.4 Å². The molecular weight excluding hydrogens is 276 g/mol. The molecule has 4 heteroatoms. The molecule has 1 saturated carbocycles. The van der Waals surface area contributed by atoms with Gasteiger partial charge in [0, 0.05) is 24.5 Å². The van der Waals surface area contributed by atoms with Crippen LogP contribution in [0.3, 0.4) is 0 Å². The third kappa shape index (κ3) is 3.87. The number of benzene rings is 1. The Labute approximate surface area is 132 Å². The van der Waals surface area contributed by atoms with Gasteiger partial charge in [-0.2, -0.15) is 0 Å². The van der Waals surface area contributed by atoms with Crippen LogP contribution in [0.15, 0.2) is 24.3 Å². The number of morpholine rings is 1. The van der Waals surface area contributed by atoms with Crippen molar-refractivity contribution in [2.24, 2.45) is 11.7 Å². The van der Waals surface area contributed by atoms with Gasteiger partial charge < -0.3 is 15.4 Å².